The number of ether oxygens (including phenoxy) is 6. The van der Waals surface area contributed by atoms with Crippen LogP contribution in [0.4, 0.5) is 5.69 Å². The molecule has 5 N–H and O–H groups in total. The summed E-state index contributed by atoms with van der Waals surface area (Å²) in [6.45, 7) is 8.29. The van der Waals surface area contributed by atoms with Crippen molar-refractivity contribution in [1.82, 2.24) is 9.31 Å². The van der Waals surface area contributed by atoms with E-state index in [0.29, 0.717) is 80.2 Å². The minimum absolute atomic E-state index is 0.0262. The van der Waals surface area contributed by atoms with Crippen LogP contribution in [0.5, 0.6) is 11.8 Å². The molecule has 2 aromatic rings. The molecule has 1 atom stereocenters. The highest BCUT2D eigenvalue weighted by molar-refractivity contribution is 7.86. The molecule has 1 aromatic carbocycles. The fourth-order valence-electron chi connectivity index (χ4n) is 8.07. The molecule has 2 aliphatic heterocycles. The first-order valence-corrected chi connectivity index (χ1v) is 28.4. The lowest BCUT2D eigenvalue weighted by Crippen LogP contribution is -2.31. The van der Waals surface area contributed by atoms with Gasteiger partial charge < -0.3 is 52.8 Å². The maximum absolute atomic E-state index is 12.3. The van der Waals surface area contributed by atoms with Crippen LogP contribution in [0.3, 0.4) is 0 Å². The maximum atomic E-state index is 12.3. The zero-order chi connectivity index (χ0) is 53.8. The molecule has 23 nitrogen and oxygen atoms in total. The van der Waals surface area contributed by atoms with Crippen LogP contribution >= 0.6 is 0 Å². The summed E-state index contributed by atoms with van der Waals surface area (Å²) in [6, 6.07) is 14.0. The monoisotopic (exact) mass is 1100 g/mol. The van der Waals surface area contributed by atoms with Gasteiger partial charge in [0.05, 0.1) is 114 Å². The summed E-state index contributed by atoms with van der Waals surface area (Å²) < 4.78 is 142. The first kappa shape index (κ1) is 59.6. The van der Waals surface area contributed by atoms with Gasteiger partial charge in [0.2, 0.25) is 17.1 Å². The number of anilines is 1. The molecule has 1 aliphatic carbocycles. The fourth-order valence-corrected chi connectivity index (χ4v) is 9.58. The van der Waals surface area contributed by atoms with E-state index in [1.165, 1.54) is 30.5 Å². The molecule has 3 heterocycles. The second-order valence-corrected chi connectivity index (χ2v) is 21.5. The minimum Gasteiger partial charge on any atom is -0.492 e. The number of allylic oxidation sites excluding steroid dienone is 3. The van der Waals surface area contributed by atoms with Gasteiger partial charge in [0, 0.05) is 53.5 Å². The first-order valence-electron chi connectivity index (χ1n) is 23.8. The van der Waals surface area contributed by atoms with E-state index in [1.807, 2.05) is 59.8 Å². The Bertz CT molecular complexity index is 2880. The van der Waals surface area contributed by atoms with Gasteiger partial charge in [-0.1, -0.05) is 12.2 Å². The molecule has 0 spiro atoms. The van der Waals surface area contributed by atoms with Gasteiger partial charge in [-0.15, -0.1) is 4.73 Å². The lowest BCUT2D eigenvalue weighted by Gasteiger charge is -2.30. The Morgan fingerprint density at radius 1 is 0.716 bits per heavy atom. The standard InChI is InChI=1S/C48H65N3O20S3/c1-3-49(18-6-34-73(58,59)60)38-9-11-40-37(15-21-70-43(40)35-38)7-4-8-44-48(2,17-5-33-72(55,56)57)41-36-39(74(61,62)63)10-12-42(41)50(44)19-22-65-24-26-67-28-30-69-32-31-68-29-27-66-25-23-64-20-16-47(54)71-51-45(52)13-14-46(51)53/h4,7-15,21,35-36H,3,5-6,16-20,22-34H2,1-2H3,(H4-,52,53,55,56,57,58,59,60,61,62,63)/p+1. The molecule has 0 saturated carbocycles. The van der Waals surface area contributed by atoms with E-state index in [2.05, 4.69) is 0 Å². The second-order valence-electron chi connectivity index (χ2n) is 16.9. The van der Waals surface area contributed by atoms with Crippen molar-refractivity contribution in [3.63, 3.8) is 0 Å². The predicted molar refractivity (Wildman–Crippen MR) is 270 cm³/mol. The average Bonchev–Trinajstić information content (AvgIpc) is 3.77. The molecule has 74 heavy (non-hydrogen) atoms. The van der Waals surface area contributed by atoms with Crippen molar-refractivity contribution in [1.29, 1.82) is 0 Å². The highest BCUT2D eigenvalue weighted by Crippen LogP contribution is 2.51. The van der Waals surface area contributed by atoms with Crippen LogP contribution < -0.4 is 19.7 Å². The van der Waals surface area contributed by atoms with Crippen molar-refractivity contribution < 1.29 is 91.6 Å². The number of aromatic hydroxyl groups is 2. The smallest absolute Gasteiger partial charge is 0.335 e. The highest BCUT2D eigenvalue weighted by atomic mass is 32.2. The molecular formula is C48H66N3O20S3+. The molecule has 0 bridgehead atoms. The van der Waals surface area contributed by atoms with E-state index in [4.69, 9.17) is 37.7 Å². The topological polar surface area (TPSA) is 310 Å². The first-order chi connectivity index (χ1) is 35.2. The molecule has 1 unspecified atom stereocenters. The predicted octanol–water partition coefficient (Wildman–Crippen LogP) is 3.40. The molecule has 1 aromatic heterocycles. The summed E-state index contributed by atoms with van der Waals surface area (Å²) in [5, 5.41) is 19.8. The Kier molecular flexibility index (Phi) is 23.1. The molecule has 0 amide bonds. The summed E-state index contributed by atoms with van der Waals surface area (Å²) in [5.74, 6) is -1.85. The van der Waals surface area contributed by atoms with E-state index < -0.39 is 59.3 Å². The lowest BCUT2D eigenvalue weighted by atomic mass is 9.77. The normalized spacial score (nSPS) is 16.2. The average molecular weight is 1100 g/mol. The van der Waals surface area contributed by atoms with Crippen LogP contribution in [0.1, 0.15) is 50.7 Å². The van der Waals surface area contributed by atoms with Crippen molar-refractivity contribution in [2.45, 2.75) is 49.8 Å². The molecule has 5 rings (SSSR count). The molecular weight excluding hydrogens is 1030 g/mol. The molecule has 410 valence electrons. The maximum Gasteiger partial charge on any atom is 0.335 e. The zero-order valence-electron chi connectivity index (χ0n) is 41.3. The highest BCUT2D eigenvalue weighted by Gasteiger charge is 2.44. The van der Waals surface area contributed by atoms with Gasteiger partial charge in [-0.3, -0.25) is 13.7 Å². The van der Waals surface area contributed by atoms with Gasteiger partial charge in [-0.2, -0.15) is 25.3 Å². The number of aromatic nitrogens is 1. The van der Waals surface area contributed by atoms with Crippen molar-refractivity contribution in [2.24, 2.45) is 0 Å². The number of carbonyl (C=O) groups excluding carboxylic acids is 1. The molecule has 0 radical (unpaired) electrons. The van der Waals surface area contributed by atoms with E-state index >= 15 is 0 Å². The third-order valence-corrected chi connectivity index (χ3v) is 14.1. The Hall–Kier alpha value is -5.23. The van der Waals surface area contributed by atoms with Gasteiger partial charge in [0.1, 0.15) is 18.8 Å². The summed E-state index contributed by atoms with van der Waals surface area (Å²) in [7, 11) is -13.0. The van der Waals surface area contributed by atoms with Crippen LogP contribution in [-0.2, 0) is 69.0 Å². The van der Waals surface area contributed by atoms with E-state index in [9.17, 15) is 53.9 Å². The van der Waals surface area contributed by atoms with Crippen LogP contribution in [0.2, 0.25) is 0 Å². The fraction of sp³-hybridized carbons (Fsp3) is 0.500. The molecule has 0 fully saturated rings. The summed E-state index contributed by atoms with van der Waals surface area (Å²) in [4.78, 5) is 18.2. The third-order valence-electron chi connectivity index (χ3n) is 11.7. The van der Waals surface area contributed by atoms with Gasteiger partial charge in [0.15, 0.2) is 0 Å². The summed E-state index contributed by atoms with van der Waals surface area (Å²) >= 11 is 0. The van der Waals surface area contributed by atoms with Crippen molar-refractivity contribution in [3.8, 4) is 23.1 Å². The van der Waals surface area contributed by atoms with Crippen LogP contribution in [0.25, 0.3) is 17.4 Å². The molecule has 0 saturated heterocycles. The molecule has 3 aliphatic rings. The van der Waals surface area contributed by atoms with E-state index in [0.717, 1.165) is 16.5 Å². The quantitative estimate of drug-likeness (QED) is 0.0254. The Balaban J connectivity index is 1.10. The van der Waals surface area contributed by atoms with Gasteiger partial charge in [-0.25, -0.2) is 9.37 Å². The van der Waals surface area contributed by atoms with Crippen LogP contribution in [0, 0.1) is 0 Å². The van der Waals surface area contributed by atoms with Gasteiger partial charge in [0.25, 0.3) is 30.4 Å². The lowest BCUT2D eigenvalue weighted by molar-refractivity contribution is -0.146. The third kappa shape index (κ3) is 18.9. The van der Waals surface area contributed by atoms with Gasteiger partial charge in [-0.05, 0) is 74.2 Å². The number of benzene rings is 2. The van der Waals surface area contributed by atoms with Gasteiger partial charge >= 0.3 is 5.97 Å². The van der Waals surface area contributed by atoms with E-state index in [-0.39, 0.29) is 82.5 Å². The SMILES string of the molecule is CC[N+](CCCS(=O)(=O)O)=c1ccc2c(C=CC=C3N(CCOCCOCCOCCOCCOCCOCCC(=O)On4c(O)ccc4O)c4ccc(S(=O)(=O)O)cc4C3(C)CCCS(=O)(=O)O)ccoc-2c1. The van der Waals surface area contributed by atoms with Crippen molar-refractivity contribution in [2.75, 3.05) is 115 Å². The number of hydrogen-bond donors (Lipinski definition) is 5. The Morgan fingerprint density at radius 2 is 1.28 bits per heavy atom. The Labute approximate surface area is 430 Å². The largest absolute Gasteiger partial charge is 0.492 e. The van der Waals surface area contributed by atoms with Crippen LogP contribution in [0.15, 0.2) is 88.0 Å². The van der Waals surface area contributed by atoms with Crippen molar-refractivity contribution >= 4 is 48.1 Å². The Morgan fingerprint density at radius 3 is 1.85 bits per heavy atom. The number of carbonyl (C=O) groups is 1. The minimum atomic E-state index is -4.62. The molecule has 26 heteroatoms. The van der Waals surface area contributed by atoms with Crippen LogP contribution in [-0.4, -0.2) is 170 Å². The number of rotatable bonds is 34. The second kappa shape index (κ2) is 28.6. The number of nitrogens with zero attached hydrogens (tertiary/aromatic N) is 3. The summed E-state index contributed by atoms with van der Waals surface area (Å²) in [6.07, 6.45) is 7.40. The van der Waals surface area contributed by atoms with E-state index in [1.54, 1.807) is 12.1 Å². The summed E-state index contributed by atoms with van der Waals surface area (Å²) in [5.41, 5.74) is 2.38. The number of hydrogen-bond acceptors (Lipinski definition) is 18. The zero-order valence-corrected chi connectivity index (χ0v) is 43.7. The number of fused-ring (bicyclic) bond motifs is 2. The van der Waals surface area contributed by atoms with Crippen molar-refractivity contribution in [3.05, 3.63) is 95.2 Å².